The number of aromatic hydroxyl groups is 1. The van der Waals surface area contributed by atoms with Crippen molar-refractivity contribution in [2.24, 2.45) is 0 Å². The summed E-state index contributed by atoms with van der Waals surface area (Å²) in [5.41, 5.74) is 1.43. The van der Waals surface area contributed by atoms with E-state index in [1.807, 2.05) is 24.3 Å². The summed E-state index contributed by atoms with van der Waals surface area (Å²) in [6.45, 7) is 4.17. The number of esters is 1. The molecule has 0 aliphatic rings. The van der Waals surface area contributed by atoms with Gasteiger partial charge < -0.3 is 9.84 Å². The molecule has 2 rings (SSSR count). The van der Waals surface area contributed by atoms with E-state index in [1.165, 1.54) is 6.07 Å². The molecule has 0 aromatic heterocycles. The van der Waals surface area contributed by atoms with Crippen molar-refractivity contribution in [3.8, 4) is 5.75 Å². The first-order valence-corrected chi connectivity index (χ1v) is 6.59. The van der Waals surface area contributed by atoms with Gasteiger partial charge in [0.25, 0.3) is 0 Å². The Hall–Kier alpha value is -2.03. The normalized spacial score (nSPS) is 10.6. The van der Waals surface area contributed by atoms with Gasteiger partial charge in [-0.05, 0) is 30.4 Å². The molecule has 19 heavy (non-hydrogen) atoms. The lowest BCUT2D eigenvalue weighted by atomic mass is 9.95. The lowest BCUT2D eigenvalue weighted by Gasteiger charge is -2.13. The first-order chi connectivity index (χ1) is 9.19. The second-order valence-corrected chi connectivity index (χ2v) is 4.44. The smallest absolute Gasteiger partial charge is 0.338 e. The highest BCUT2D eigenvalue weighted by molar-refractivity contribution is 6.01. The number of phenols is 1. The molecular formula is C16H18O3. The third kappa shape index (κ3) is 2.55. The number of carbonyl (C=O) groups excluding carboxylic acids is 1. The Labute approximate surface area is 112 Å². The first-order valence-electron chi connectivity index (χ1n) is 6.59. The molecule has 0 saturated carbocycles. The summed E-state index contributed by atoms with van der Waals surface area (Å²) < 4.78 is 5.07. The maximum atomic E-state index is 12.0. The molecule has 0 radical (unpaired) electrons. The molecule has 100 valence electrons. The monoisotopic (exact) mass is 258 g/mol. The van der Waals surface area contributed by atoms with E-state index in [1.54, 1.807) is 6.92 Å². The van der Waals surface area contributed by atoms with Crippen LogP contribution in [0.4, 0.5) is 0 Å². The highest BCUT2D eigenvalue weighted by atomic mass is 16.5. The summed E-state index contributed by atoms with van der Waals surface area (Å²) in [6, 6.07) is 9.10. The van der Waals surface area contributed by atoms with Crippen LogP contribution in [-0.4, -0.2) is 17.7 Å². The van der Waals surface area contributed by atoms with Crippen molar-refractivity contribution >= 4 is 16.7 Å². The van der Waals surface area contributed by atoms with E-state index in [-0.39, 0.29) is 11.7 Å². The van der Waals surface area contributed by atoms with Crippen LogP contribution >= 0.6 is 0 Å². The molecule has 2 aromatic rings. The summed E-state index contributed by atoms with van der Waals surface area (Å²) in [5, 5.41) is 11.8. The van der Waals surface area contributed by atoms with Gasteiger partial charge in [0.1, 0.15) is 5.75 Å². The van der Waals surface area contributed by atoms with Crippen LogP contribution in [0.5, 0.6) is 5.75 Å². The third-order valence-electron chi connectivity index (χ3n) is 3.13. The maximum absolute atomic E-state index is 12.0. The lowest BCUT2D eigenvalue weighted by Crippen LogP contribution is -2.08. The zero-order valence-electron chi connectivity index (χ0n) is 11.3. The molecule has 2 aromatic carbocycles. The summed E-state index contributed by atoms with van der Waals surface area (Å²) in [4.78, 5) is 12.0. The van der Waals surface area contributed by atoms with Crippen LogP contribution in [0.15, 0.2) is 30.3 Å². The van der Waals surface area contributed by atoms with Gasteiger partial charge in [0.15, 0.2) is 0 Å². The van der Waals surface area contributed by atoms with Gasteiger partial charge in [-0.15, -0.1) is 0 Å². The molecule has 0 heterocycles. The average molecular weight is 258 g/mol. The highest BCUT2D eigenvalue weighted by Crippen LogP contribution is 2.31. The zero-order chi connectivity index (χ0) is 13.8. The van der Waals surface area contributed by atoms with Gasteiger partial charge in [-0.25, -0.2) is 4.79 Å². The number of phenolic OH excluding ortho intramolecular Hbond substituents is 1. The number of hydrogen-bond acceptors (Lipinski definition) is 3. The van der Waals surface area contributed by atoms with Crippen molar-refractivity contribution in [3.63, 3.8) is 0 Å². The summed E-state index contributed by atoms with van der Waals surface area (Å²) in [5.74, 6) is -0.245. The molecule has 0 fully saturated rings. The van der Waals surface area contributed by atoms with Crippen molar-refractivity contribution in [2.45, 2.75) is 26.7 Å². The SMILES string of the molecule is CCCc1c(C(=O)OCC)cc(O)c2ccccc12. The largest absolute Gasteiger partial charge is 0.507 e. The van der Waals surface area contributed by atoms with Gasteiger partial charge >= 0.3 is 5.97 Å². The van der Waals surface area contributed by atoms with Crippen LogP contribution in [0.25, 0.3) is 10.8 Å². The molecule has 0 unspecified atom stereocenters. The fourth-order valence-corrected chi connectivity index (χ4v) is 2.33. The quantitative estimate of drug-likeness (QED) is 0.851. The predicted molar refractivity (Wildman–Crippen MR) is 75.6 cm³/mol. The number of hydrogen-bond donors (Lipinski definition) is 1. The molecule has 0 spiro atoms. The summed E-state index contributed by atoms with van der Waals surface area (Å²) in [7, 11) is 0. The topological polar surface area (TPSA) is 46.5 Å². The number of fused-ring (bicyclic) bond motifs is 1. The van der Waals surface area contributed by atoms with E-state index in [4.69, 9.17) is 4.74 Å². The van der Waals surface area contributed by atoms with Crippen LogP contribution in [0.1, 0.15) is 36.2 Å². The minimum Gasteiger partial charge on any atom is -0.507 e. The number of carbonyl (C=O) groups is 1. The van der Waals surface area contributed by atoms with Gasteiger partial charge in [-0.1, -0.05) is 37.6 Å². The lowest BCUT2D eigenvalue weighted by molar-refractivity contribution is 0.0525. The van der Waals surface area contributed by atoms with Crippen molar-refractivity contribution in [3.05, 3.63) is 41.5 Å². The molecular weight excluding hydrogens is 240 g/mol. The Morgan fingerprint density at radius 1 is 1.21 bits per heavy atom. The fraction of sp³-hybridized carbons (Fsp3) is 0.312. The number of benzene rings is 2. The minimum atomic E-state index is -0.369. The van der Waals surface area contributed by atoms with Crippen LogP contribution in [0.2, 0.25) is 0 Å². The van der Waals surface area contributed by atoms with Gasteiger partial charge in [-0.2, -0.15) is 0 Å². The molecule has 0 amide bonds. The van der Waals surface area contributed by atoms with Gasteiger partial charge in [0.05, 0.1) is 12.2 Å². The molecule has 0 aliphatic heterocycles. The van der Waals surface area contributed by atoms with Crippen molar-refractivity contribution in [2.75, 3.05) is 6.61 Å². The van der Waals surface area contributed by atoms with Crippen LogP contribution < -0.4 is 0 Å². The van der Waals surface area contributed by atoms with Crippen molar-refractivity contribution < 1.29 is 14.6 Å². The molecule has 0 bridgehead atoms. The molecule has 3 heteroatoms. The van der Waals surface area contributed by atoms with E-state index in [2.05, 4.69) is 6.92 Å². The standard InChI is InChI=1S/C16H18O3/c1-3-7-11-12-8-5-6-9-13(12)15(17)10-14(11)16(18)19-4-2/h5-6,8-10,17H,3-4,7H2,1-2H3. The second kappa shape index (κ2) is 5.74. The van der Waals surface area contributed by atoms with E-state index in [0.717, 1.165) is 29.2 Å². The molecule has 0 aliphatic carbocycles. The second-order valence-electron chi connectivity index (χ2n) is 4.44. The molecule has 1 N–H and O–H groups in total. The van der Waals surface area contributed by atoms with Gasteiger partial charge in [0, 0.05) is 5.39 Å². The summed E-state index contributed by atoms with van der Waals surface area (Å²) in [6.07, 6.45) is 1.72. The van der Waals surface area contributed by atoms with Crippen molar-refractivity contribution in [1.82, 2.24) is 0 Å². The minimum absolute atomic E-state index is 0.124. The fourth-order valence-electron chi connectivity index (χ4n) is 2.33. The molecule has 3 nitrogen and oxygen atoms in total. The first kappa shape index (κ1) is 13.4. The Balaban J connectivity index is 2.68. The molecule has 0 saturated heterocycles. The van der Waals surface area contributed by atoms with Crippen molar-refractivity contribution in [1.29, 1.82) is 0 Å². The maximum Gasteiger partial charge on any atom is 0.338 e. The van der Waals surface area contributed by atoms with Crippen LogP contribution in [0, 0.1) is 0 Å². The Morgan fingerprint density at radius 2 is 1.89 bits per heavy atom. The summed E-state index contributed by atoms with van der Waals surface area (Å²) >= 11 is 0. The van der Waals surface area contributed by atoms with Gasteiger partial charge in [-0.3, -0.25) is 0 Å². The highest BCUT2D eigenvalue weighted by Gasteiger charge is 2.17. The Morgan fingerprint density at radius 3 is 2.53 bits per heavy atom. The van der Waals surface area contributed by atoms with Gasteiger partial charge in [0.2, 0.25) is 0 Å². The number of ether oxygens (including phenoxy) is 1. The Bertz CT molecular complexity index is 602. The van der Waals surface area contributed by atoms with E-state index in [9.17, 15) is 9.90 Å². The van der Waals surface area contributed by atoms with Crippen LogP contribution in [0.3, 0.4) is 0 Å². The number of rotatable bonds is 4. The zero-order valence-corrected chi connectivity index (χ0v) is 11.3. The van der Waals surface area contributed by atoms with Crippen LogP contribution in [-0.2, 0) is 11.2 Å². The average Bonchev–Trinajstić information content (AvgIpc) is 2.42. The van der Waals surface area contributed by atoms with E-state index in [0.29, 0.717) is 12.2 Å². The van der Waals surface area contributed by atoms with E-state index < -0.39 is 0 Å². The third-order valence-corrected chi connectivity index (χ3v) is 3.13. The molecule has 0 atom stereocenters. The predicted octanol–water partition coefficient (Wildman–Crippen LogP) is 3.67. The number of aryl methyl sites for hydroxylation is 1. The van der Waals surface area contributed by atoms with E-state index >= 15 is 0 Å². The Kier molecular flexibility index (Phi) is 4.05.